The molecule has 2 unspecified atom stereocenters. The number of thioether (sulfide) groups is 1. The normalized spacial score (nSPS) is 14.4. The third-order valence-electron chi connectivity index (χ3n) is 3.04. The van der Waals surface area contributed by atoms with Crippen molar-refractivity contribution >= 4 is 17.5 Å². The monoisotopic (exact) mass is 250 g/mol. The molecular formula is C15H22OS. The molecule has 1 rings (SSSR count). The van der Waals surface area contributed by atoms with Crippen LogP contribution in [0.25, 0.3) is 0 Å². The lowest BCUT2D eigenvalue weighted by Crippen LogP contribution is -2.17. The number of carbonyl (C=O) groups is 1. The Bertz CT molecular complexity index is 398. The van der Waals surface area contributed by atoms with Gasteiger partial charge in [-0.3, -0.25) is 4.79 Å². The molecule has 2 atom stereocenters. The second-order valence-corrected chi connectivity index (χ2v) is 6.46. The van der Waals surface area contributed by atoms with Crippen LogP contribution in [0.15, 0.2) is 18.2 Å². The van der Waals surface area contributed by atoms with Gasteiger partial charge < -0.3 is 0 Å². The van der Waals surface area contributed by atoms with E-state index in [2.05, 4.69) is 19.9 Å². The van der Waals surface area contributed by atoms with Crippen molar-refractivity contribution in [1.29, 1.82) is 0 Å². The van der Waals surface area contributed by atoms with Crippen molar-refractivity contribution in [3.05, 3.63) is 34.9 Å². The van der Waals surface area contributed by atoms with E-state index in [1.54, 1.807) is 11.8 Å². The molecule has 0 fully saturated rings. The molecule has 0 aliphatic carbocycles. The zero-order valence-electron chi connectivity index (χ0n) is 11.4. The van der Waals surface area contributed by atoms with Crippen LogP contribution in [0.1, 0.15) is 48.7 Å². The van der Waals surface area contributed by atoms with Crippen molar-refractivity contribution in [2.75, 3.05) is 0 Å². The standard InChI is InChI=1S/C15H22OS/c1-6-12(4)17-13(5)15(16)14-9-10(2)7-8-11(14)3/h7-9,12-13H,6H2,1-5H3. The van der Waals surface area contributed by atoms with Crippen LogP contribution < -0.4 is 0 Å². The highest BCUT2D eigenvalue weighted by atomic mass is 32.2. The Labute approximate surface area is 109 Å². The average Bonchev–Trinajstić information content (AvgIpc) is 2.31. The average molecular weight is 250 g/mol. The largest absolute Gasteiger partial charge is 0.293 e. The summed E-state index contributed by atoms with van der Waals surface area (Å²) in [6, 6.07) is 6.09. The summed E-state index contributed by atoms with van der Waals surface area (Å²) < 4.78 is 0. The summed E-state index contributed by atoms with van der Waals surface area (Å²) in [5.41, 5.74) is 3.12. The predicted octanol–water partition coefficient (Wildman–Crippen LogP) is 4.41. The van der Waals surface area contributed by atoms with Gasteiger partial charge in [-0.1, -0.05) is 31.5 Å². The summed E-state index contributed by atoms with van der Waals surface area (Å²) in [5, 5.41) is 0.588. The molecule has 0 saturated heterocycles. The molecule has 2 heteroatoms. The quantitative estimate of drug-likeness (QED) is 0.720. The lowest BCUT2D eigenvalue weighted by molar-refractivity contribution is 0.0993. The minimum absolute atomic E-state index is 0.0467. The maximum absolute atomic E-state index is 12.3. The summed E-state index contributed by atoms with van der Waals surface area (Å²) in [7, 11) is 0. The van der Waals surface area contributed by atoms with Crippen molar-refractivity contribution in [1.82, 2.24) is 0 Å². The zero-order chi connectivity index (χ0) is 13.0. The van der Waals surface area contributed by atoms with E-state index in [-0.39, 0.29) is 11.0 Å². The first-order valence-corrected chi connectivity index (χ1v) is 7.17. The Morgan fingerprint density at radius 2 is 1.94 bits per heavy atom. The van der Waals surface area contributed by atoms with Crippen LogP contribution in [0.2, 0.25) is 0 Å². The van der Waals surface area contributed by atoms with Gasteiger partial charge in [-0.2, -0.15) is 0 Å². The minimum Gasteiger partial charge on any atom is -0.293 e. The van der Waals surface area contributed by atoms with Crippen molar-refractivity contribution in [2.45, 2.75) is 51.5 Å². The van der Waals surface area contributed by atoms with Crippen LogP contribution in [0.3, 0.4) is 0 Å². The first kappa shape index (κ1) is 14.3. The molecule has 1 aromatic carbocycles. The molecule has 1 nitrogen and oxygen atoms in total. The van der Waals surface area contributed by atoms with Crippen molar-refractivity contribution in [3.63, 3.8) is 0 Å². The molecule has 0 amide bonds. The molecule has 0 aliphatic heterocycles. The summed E-state index contributed by atoms with van der Waals surface area (Å²) in [6.07, 6.45) is 1.11. The molecule has 94 valence electrons. The molecule has 0 saturated carbocycles. The van der Waals surface area contributed by atoms with E-state index < -0.39 is 0 Å². The van der Waals surface area contributed by atoms with Crippen LogP contribution in [0.5, 0.6) is 0 Å². The van der Waals surface area contributed by atoms with E-state index >= 15 is 0 Å². The zero-order valence-corrected chi connectivity index (χ0v) is 12.2. The molecule has 0 N–H and O–H groups in total. The first-order valence-electron chi connectivity index (χ1n) is 6.22. The van der Waals surface area contributed by atoms with E-state index in [1.807, 2.05) is 32.9 Å². The lowest BCUT2D eigenvalue weighted by Gasteiger charge is -2.16. The Hall–Kier alpha value is -0.760. The smallest absolute Gasteiger partial charge is 0.175 e. The number of carbonyl (C=O) groups excluding carboxylic acids is 1. The Balaban J connectivity index is 2.85. The molecular weight excluding hydrogens is 228 g/mol. The van der Waals surface area contributed by atoms with E-state index in [4.69, 9.17) is 0 Å². The number of hydrogen-bond acceptors (Lipinski definition) is 2. The van der Waals surface area contributed by atoms with Gasteiger partial charge >= 0.3 is 0 Å². The Morgan fingerprint density at radius 3 is 2.53 bits per heavy atom. The minimum atomic E-state index is 0.0467. The van der Waals surface area contributed by atoms with Crippen LogP contribution in [-0.2, 0) is 0 Å². The highest BCUT2D eigenvalue weighted by Crippen LogP contribution is 2.24. The molecule has 0 heterocycles. The fourth-order valence-corrected chi connectivity index (χ4v) is 2.87. The van der Waals surface area contributed by atoms with Crippen LogP contribution >= 0.6 is 11.8 Å². The van der Waals surface area contributed by atoms with E-state index in [0.717, 1.165) is 23.1 Å². The van der Waals surface area contributed by atoms with Gasteiger partial charge in [-0.05, 0) is 38.8 Å². The van der Waals surface area contributed by atoms with Crippen LogP contribution in [0.4, 0.5) is 0 Å². The summed E-state index contributed by atoms with van der Waals surface area (Å²) in [4.78, 5) is 12.3. The topological polar surface area (TPSA) is 17.1 Å². The fraction of sp³-hybridized carbons (Fsp3) is 0.533. The third-order valence-corrected chi connectivity index (χ3v) is 4.46. The molecule has 0 radical (unpaired) electrons. The molecule has 0 aromatic heterocycles. The van der Waals surface area contributed by atoms with Gasteiger partial charge in [-0.25, -0.2) is 0 Å². The number of benzene rings is 1. The second kappa shape index (κ2) is 6.25. The fourth-order valence-electron chi connectivity index (χ4n) is 1.73. The second-order valence-electron chi connectivity index (χ2n) is 4.68. The van der Waals surface area contributed by atoms with Gasteiger partial charge in [0.05, 0.1) is 5.25 Å². The lowest BCUT2D eigenvalue weighted by atomic mass is 10.0. The summed E-state index contributed by atoms with van der Waals surface area (Å²) >= 11 is 1.77. The maximum Gasteiger partial charge on any atom is 0.175 e. The Morgan fingerprint density at radius 1 is 1.29 bits per heavy atom. The highest BCUT2D eigenvalue weighted by Gasteiger charge is 2.19. The molecule has 1 aromatic rings. The molecule has 0 aliphatic rings. The molecule has 17 heavy (non-hydrogen) atoms. The van der Waals surface area contributed by atoms with Gasteiger partial charge in [0.15, 0.2) is 5.78 Å². The highest BCUT2D eigenvalue weighted by molar-refractivity contribution is 8.01. The summed E-state index contributed by atoms with van der Waals surface area (Å²) in [6.45, 7) is 10.4. The van der Waals surface area contributed by atoms with Gasteiger partial charge in [0.1, 0.15) is 0 Å². The predicted molar refractivity (Wildman–Crippen MR) is 77.1 cm³/mol. The van der Waals surface area contributed by atoms with Crippen molar-refractivity contribution in [3.8, 4) is 0 Å². The molecule has 0 bridgehead atoms. The van der Waals surface area contributed by atoms with Crippen LogP contribution in [-0.4, -0.2) is 16.3 Å². The van der Waals surface area contributed by atoms with E-state index in [0.29, 0.717) is 5.25 Å². The SMILES string of the molecule is CCC(C)SC(C)C(=O)c1cc(C)ccc1C. The number of rotatable bonds is 5. The number of hydrogen-bond donors (Lipinski definition) is 0. The number of Topliss-reactive ketones (excluding diaryl/α,β-unsaturated/α-hetero) is 1. The van der Waals surface area contributed by atoms with Gasteiger partial charge in [0.25, 0.3) is 0 Å². The first-order chi connectivity index (χ1) is 7.95. The van der Waals surface area contributed by atoms with Crippen molar-refractivity contribution < 1.29 is 4.79 Å². The van der Waals surface area contributed by atoms with Gasteiger partial charge in [-0.15, -0.1) is 11.8 Å². The van der Waals surface area contributed by atoms with Crippen molar-refractivity contribution in [2.24, 2.45) is 0 Å². The van der Waals surface area contributed by atoms with Crippen LogP contribution in [0, 0.1) is 13.8 Å². The van der Waals surface area contributed by atoms with E-state index in [1.165, 1.54) is 0 Å². The Kier molecular flexibility index (Phi) is 5.26. The van der Waals surface area contributed by atoms with Gasteiger partial charge in [0.2, 0.25) is 0 Å². The number of aryl methyl sites for hydroxylation is 2. The maximum atomic E-state index is 12.3. The summed E-state index contributed by atoms with van der Waals surface area (Å²) in [5.74, 6) is 0.261. The van der Waals surface area contributed by atoms with Gasteiger partial charge in [0, 0.05) is 10.8 Å². The number of ketones is 1. The van der Waals surface area contributed by atoms with E-state index in [9.17, 15) is 4.79 Å². The molecule has 0 spiro atoms. The third kappa shape index (κ3) is 3.88.